The molecule has 12 heteroatoms. The molecule has 4 heterocycles. The average molecular weight is 495 g/mol. The van der Waals surface area contributed by atoms with Gasteiger partial charge in [0, 0.05) is 31.7 Å². The standard InChI is InChI=1S/C23H25F4N5O3/c1-14(15-3-2-4-17(19(15)24)23(25,26)27)28-21(33)16-11-18(31-6-9-34-10-7-31)30-32-12-22(29-20(16)32)5-8-35-13-22/h2-4,11,14H,5-10,12-13H2,1H3,(H,28,33)/t14-,22?/m1/s1. The Morgan fingerprint density at radius 2 is 1.97 bits per heavy atom. The molecule has 2 atom stereocenters. The lowest BCUT2D eigenvalue weighted by molar-refractivity contribution is -0.140. The van der Waals surface area contributed by atoms with Crippen LogP contribution in [-0.4, -0.2) is 79.1 Å². The van der Waals surface area contributed by atoms with Crippen LogP contribution < -0.4 is 5.32 Å². The fourth-order valence-corrected chi connectivity index (χ4v) is 4.68. The number of carbonyl (C=O) groups is 1. The van der Waals surface area contributed by atoms with E-state index in [0.717, 1.165) is 6.07 Å². The number of aliphatic imine (C=N–C) groups is 1. The highest BCUT2D eigenvalue weighted by molar-refractivity contribution is 6.25. The molecule has 35 heavy (non-hydrogen) atoms. The van der Waals surface area contributed by atoms with Crippen LogP contribution in [0.3, 0.4) is 0 Å². The van der Waals surface area contributed by atoms with Gasteiger partial charge in [0.05, 0.1) is 43.5 Å². The number of rotatable bonds is 3. The van der Waals surface area contributed by atoms with Crippen LogP contribution >= 0.6 is 0 Å². The summed E-state index contributed by atoms with van der Waals surface area (Å²) in [6.07, 6.45) is -2.52. The minimum absolute atomic E-state index is 0.226. The van der Waals surface area contributed by atoms with E-state index in [1.165, 1.54) is 13.0 Å². The van der Waals surface area contributed by atoms with Crippen molar-refractivity contribution in [2.75, 3.05) is 46.1 Å². The van der Waals surface area contributed by atoms with Gasteiger partial charge in [-0.1, -0.05) is 12.1 Å². The topological polar surface area (TPSA) is 78.8 Å². The maximum absolute atomic E-state index is 14.7. The zero-order valence-electron chi connectivity index (χ0n) is 19.1. The first-order valence-corrected chi connectivity index (χ1v) is 11.4. The zero-order valence-corrected chi connectivity index (χ0v) is 19.1. The second kappa shape index (κ2) is 8.90. The number of carbonyl (C=O) groups excluding carboxylic acids is 1. The molecular formula is C23H25F4N5O3. The minimum Gasteiger partial charge on any atom is -0.379 e. The van der Waals surface area contributed by atoms with Crippen molar-refractivity contribution < 1.29 is 31.8 Å². The van der Waals surface area contributed by atoms with Crippen molar-refractivity contribution in [3.63, 3.8) is 0 Å². The molecular weight excluding hydrogens is 470 g/mol. The monoisotopic (exact) mass is 495 g/mol. The Labute approximate surface area is 199 Å². The van der Waals surface area contributed by atoms with Crippen molar-refractivity contribution in [3.05, 3.63) is 46.8 Å². The maximum atomic E-state index is 14.7. The van der Waals surface area contributed by atoms with Gasteiger partial charge in [0.2, 0.25) is 0 Å². The predicted molar refractivity (Wildman–Crippen MR) is 118 cm³/mol. The Hall–Kier alpha value is -2.99. The number of amidine groups is 2. The SMILES string of the molecule is C[C@@H](NC(=O)C1=CC(N2CCOCC2)=NN2CC3(CCOC3)N=C12)c1cccc(C(F)(F)F)c1F. The minimum atomic E-state index is -4.84. The van der Waals surface area contributed by atoms with E-state index < -0.39 is 35.0 Å². The first-order valence-electron chi connectivity index (χ1n) is 11.4. The van der Waals surface area contributed by atoms with Crippen LogP contribution in [0.4, 0.5) is 17.6 Å². The number of morpholine rings is 1. The van der Waals surface area contributed by atoms with E-state index >= 15 is 0 Å². The highest BCUT2D eigenvalue weighted by Crippen LogP contribution is 2.35. The second-order valence-corrected chi connectivity index (χ2v) is 9.04. The number of hydrogen-bond acceptors (Lipinski definition) is 7. The largest absolute Gasteiger partial charge is 0.419 e. The normalized spacial score (nSPS) is 25.2. The van der Waals surface area contributed by atoms with E-state index in [1.54, 1.807) is 11.1 Å². The number of alkyl halides is 3. The van der Waals surface area contributed by atoms with E-state index in [-0.39, 0.29) is 11.1 Å². The fourth-order valence-electron chi connectivity index (χ4n) is 4.68. The Morgan fingerprint density at radius 1 is 1.20 bits per heavy atom. The van der Waals surface area contributed by atoms with Gasteiger partial charge < -0.3 is 19.7 Å². The van der Waals surface area contributed by atoms with Gasteiger partial charge in [0.1, 0.15) is 17.2 Å². The molecule has 1 amide bonds. The van der Waals surface area contributed by atoms with E-state index in [2.05, 4.69) is 5.32 Å². The molecule has 188 valence electrons. The van der Waals surface area contributed by atoms with E-state index in [4.69, 9.17) is 19.6 Å². The quantitative estimate of drug-likeness (QED) is 0.652. The number of hydrogen-bond donors (Lipinski definition) is 1. The molecule has 0 saturated carbocycles. The van der Waals surface area contributed by atoms with Gasteiger partial charge in [-0.05, 0) is 19.1 Å². The summed E-state index contributed by atoms with van der Waals surface area (Å²) in [4.78, 5) is 20.2. The molecule has 1 aromatic rings. The third-order valence-electron chi connectivity index (χ3n) is 6.58. The highest BCUT2D eigenvalue weighted by atomic mass is 19.4. The number of halogens is 4. The predicted octanol–water partition coefficient (Wildman–Crippen LogP) is 2.48. The highest BCUT2D eigenvalue weighted by Gasteiger charge is 2.46. The Kier molecular flexibility index (Phi) is 6.04. The number of nitrogens with one attached hydrogen (secondary N) is 1. The van der Waals surface area contributed by atoms with Crippen LogP contribution in [0.15, 0.2) is 39.9 Å². The van der Waals surface area contributed by atoms with Crippen LogP contribution in [0.1, 0.15) is 30.5 Å². The number of amides is 1. The van der Waals surface area contributed by atoms with Crippen molar-refractivity contribution >= 4 is 17.6 Å². The molecule has 0 radical (unpaired) electrons. The molecule has 8 nitrogen and oxygen atoms in total. The summed E-state index contributed by atoms with van der Waals surface area (Å²) < 4.78 is 65.1. The first kappa shape index (κ1) is 23.7. The molecule has 0 bridgehead atoms. The third kappa shape index (κ3) is 4.52. The van der Waals surface area contributed by atoms with Gasteiger partial charge in [-0.25, -0.2) is 9.40 Å². The molecule has 4 aliphatic rings. The fraction of sp³-hybridized carbons (Fsp3) is 0.522. The smallest absolute Gasteiger partial charge is 0.379 e. The molecule has 2 saturated heterocycles. The summed E-state index contributed by atoms with van der Waals surface area (Å²) >= 11 is 0. The Balaban J connectivity index is 1.44. The summed E-state index contributed by atoms with van der Waals surface area (Å²) in [7, 11) is 0. The van der Waals surface area contributed by atoms with Crippen molar-refractivity contribution in [1.82, 2.24) is 15.2 Å². The van der Waals surface area contributed by atoms with Crippen LogP contribution in [0.25, 0.3) is 0 Å². The molecule has 0 aromatic heterocycles. The van der Waals surface area contributed by atoms with Gasteiger partial charge in [-0.2, -0.15) is 18.3 Å². The van der Waals surface area contributed by atoms with Gasteiger partial charge >= 0.3 is 6.18 Å². The van der Waals surface area contributed by atoms with Gasteiger partial charge in [-0.15, -0.1) is 0 Å². The lowest BCUT2D eigenvalue weighted by Gasteiger charge is -2.32. The summed E-state index contributed by atoms with van der Waals surface area (Å²) in [6, 6.07) is 2.02. The molecule has 0 aliphatic carbocycles. The number of nitrogens with zero attached hydrogens (tertiary/aromatic N) is 4. The average Bonchev–Trinajstić information content (AvgIpc) is 3.43. The van der Waals surface area contributed by atoms with Crippen LogP contribution in [0, 0.1) is 5.82 Å². The van der Waals surface area contributed by atoms with Crippen LogP contribution in [0.5, 0.6) is 0 Å². The Morgan fingerprint density at radius 3 is 2.66 bits per heavy atom. The number of ether oxygens (including phenoxy) is 2. The van der Waals surface area contributed by atoms with Gasteiger partial charge in [0.15, 0.2) is 5.84 Å². The zero-order chi connectivity index (χ0) is 24.8. The number of fused-ring (bicyclic) bond motifs is 1. The second-order valence-electron chi connectivity index (χ2n) is 9.04. The van der Waals surface area contributed by atoms with Crippen molar-refractivity contribution in [1.29, 1.82) is 0 Å². The Bertz CT molecular complexity index is 1100. The van der Waals surface area contributed by atoms with E-state index in [9.17, 15) is 22.4 Å². The molecule has 1 spiro atoms. The molecule has 1 N–H and O–H groups in total. The van der Waals surface area contributed by atoms with Crippen LogP contribution in [-0.2, 0) is 20.4 Å². The third-order valence-corrected chi connectivity index (χ3v) is 6.58. The van der Waals surface area contributed by atoms with Gasteiger partial charge in [0.25, 0.3) is 5.91 Å². The summed E-state index contributed by atoms with van der Waals surface area (Å²) in [5.41, 5.74) is -1.90. The van der Waals surface area contributed by atoms with Crippen LogP contribution in [0.2, 0.25) is 0 Å². The summed E-state index contributed by atoms with van der Waals surface area (Å²) in [5, 5.41) is 9.04. The number of hydrazone groups is 1. The maximum Gasteiger partial charge on any atom is 0.419 e. The van der Waals surface area contributed by atoms with Gasteiger partial charge in [-0.3, -0.25) is 9.79 Å². The van der Waals surface area contributed by atoms with Crippen molar-refractivity contribution in [2.24, 2.45) is 10.1 Å². The van der Waals surface area contributed by atoms with E-state index in [1.807, 2.05) is 4.90 Å². The molecule has 5 rings (SSSR count). The van der Waals surface area contributed by atoms with Crippen molar-refractivity contribution in [3.8, 4) is 0 Å². The molecule has 2 fully saturated rings. The molecule has 1 unspecified atom stereocenters. The molecule has 1 aromatic carbocycles. The first-order chi connectivity index (χ1) is 16.7. The molecule has 4 aliphatic heterocycles. The van der Waals surface area contributed by atoms with E-state index in [0.29, 0.717) is 70.2 Å². The number of benzene rings is 1. The lowest BCUT2D eigenvalue weighted by Crippen LogP contribution is -2.46. The van der Waals surface area contributed by atoms with Crippen molar-refractivity contribution in [2.45, 2.75) is 31.1 Å². The lowest BCUT2D eigenvalue weighted by atomic mass is 10.0. The summed E-state index contributed by atoms with van der Waals surface area (Å²) in [5.74, 6) is -1.02. The summed E-state index contributed by atoms with van der Waals surface area (Å²) in [6.45, 7) is 5.13.